The maximum atomic E-state index is 6.20. The van der Waals surface area contributed by atoms with Gasteiger partial charge in [0, 0.05) is 6.04 Å². The van der Waals surface area contributed by atoms with E-state index in [0.29, 0.717) is 16.1 Å². The minimum atomic E-state index is 0.416. The zero-order valence-corrected chi connectivity index (χ0v) is 14.2. The fourth-order valence-electron chi connectivity index (χ4n) is 4.60. The predicted octanol–water partition coefficient (Wildman–Crippen LogP) is 6.00. The van der Waals surface area contributed by atoms with Crippen LogP contribution in [0.4, 0.5) is 0 Å². The molecule has 1 N–H and O–H groups in total. The van der Waals surface area contributed by atoms with Gasteiger partial charge in [-0.05, 0) is 68.3 Å². The van der Waals surface area contributed by atoms with E-state index in [0.717, 1.165) is 33.6 Å². The van der Waals surface area contributed by atoms with E-state index in [2.05, 4.69) is 16.5 Å². The van der Waals surface area contributed by atoms with E-state index < -0.39 is 0 Å². The summed E-state index contributed by atoms with van der Waals surface area (Å²) in [5.74, 6) is 2.56. The van der Waals surface area contributed by atoms with Gasteiger partial charge in [-0.2, -0.15) is 0 Å². The third-order valence-electron chi connectivity index (χ3n) is 5.58. The molecule has 2 nitrogen and oxygen atoms in total. The normalized spacial score (nSPS) is 29.4. The first-order valence-corrected chi connectivity index (χ1v) is 8.80. The Kier molecular flexibility index (Phi) is 3.36. The summed E-state index contributed by atoms with van der Waals surface area (Å²) in [6, 6.07) is 4.23. The van der Waals surface area contributed by atoms with E-state index in [1.54, 1.807) is 0 Å². The number of fused-ring (bicyclic) bond motifs is 3. The SMILES string of the molecule is CC(C1CC2CCC1C2)n1c(=S)[nH]c2cc(Cl)c(Cl)cc21. The largest absolute Gasteiger partial charge is 0.331 e. The average molecular weight is 341 g/mol. The van der Waals surface area contributed by atoms with Gasteiger partial charge in [-0.3, -0.25) is 0 Å². The molecule has 0 spiro atoms. The summed E-state index contributed by atoms with van der Waals surface area (Å²) in [5, 5.41) is 1.16. The van der Waals surface area contributed by atoms with Crippen molar-refractivity contribution >= 4 is 46.5 Å². The van der Waals surface area contributed by atoms with Crippen molar-refractivity contribution < 1.29 is 0 Å². The second-order valence-electron chi connectivity index (χ2n) is 6.66. The minimum absolute atomic E-state index is 0.416. The number of rotatable bonds is 2. The van der Waals surface area contributed by atoms with Crippen LogP contribution in [0, 0.1) is 22.5 Å². The lowest BCUT2D eigenvalue weighted by molar-refractivity contribution is 0.245. The van der Waals surface area contributed by atoms with Crippen molar-refractivity contribution in [3.8, 4) is 0 Å². The van der Waals surface area contributed by atoms with E-state index in [1.807, 2.05) is 12.1 Å². The lowest BCUT2D eigenvalue weighted by atomic mass is 9.84. The zero-order chi connectivity index (χ0) is 14.7. The van der Waals surface area contributed by atoms with Crippen LogP contribution in [0.15, 0.2) is 12.1 Å². The van der Waals surface area contributed by atoms with Gasteiger partial charge >= 0.3 is 0 Å². The standard InChI is InChI=1S/C16H18Cl2N2S/c1-8(11-5-9-2-3-10(11)4-9)20-15-7-13(18)12(17)6-14(15)19-16(20)21/h6-11H,2-5H2,1H3,(H,19,21). The van der Waals surface area contributed by atoms with E-state index in [9.17, 15) is 0 Å². The molecule has 0 amide bonds. The average Bonchev–Trinajstić information content (AvgIpc) is 3.12. The van der Waals surface area contributed by atoms with Crippen LogP contribution in [0.3, 0.4) is 0 Å². The van der Waals surface area contributed by atoms with Gasteiger partial charge in [0.25, 0.3) is 0 Å². The molecule has 0 saturated heterocycles. The minimum Gasteiger partial charge on any atom is -0.331 e. The molecular weight excluding hydrogens is 323 g/mol. The summed E-state index contributed by atoms with van der Waals surface area (Å²) < 4.78 is 3.02. The first-order chi connectivity index (χ1) is 10.0. The molecule has 112 valence electrons. The third-order valence-corrected chi connectivity index (χ3v) is 6.60. The second-order valence-corrected chi connectivity index (χ2v) is 7.86. The molecule has 4 unspecified atom stereocenters. The highest BCUT2D eigenvalue weighted by molar-refractivity contribution is 7.71. The Labute approximate surface area is 139 Å². The number of aromatic nitrogens is 2. The van der Waals surface area contributed by atoms with Gasteiger partial charge in [0.1, 0.15) is 0 Å². The molecule has 4 atom stereocenters. The summed E-state index contributed by atoms with van der Waals surface area (Å²) >= 11 is 17.9. The Morgan fingerprint density at radius 3 is 2.67 bits per heavy atom. The number of hydrogen-bond donors (Lipinski definition) is 1. The maximum Gasteiger partial charge on any atom is 0.178 e. The van der Waals surface area contributed by atoms with E-state index in [4.69, 9.17) is 35.4 Å². The highest BCUT2D eigenvalue weighted by Crippen LogP contribution is 2.52. The lowest BCUT2D eigenvalue weighted by Crippen LogP contribution is -2.22. The van der Waals surface area contributed by atoms with Crippen LogP contribution in [-0.4, -0.2) is 9.55 Å². The fraction of sp³-hybridized carbons (Fsp3) is 0.562. The number of H-pyrrole nitrogens is 1. The van der Waals surface area contributed by atoms with Crippen LogP contribution < -0.4 is 0 Å². The molecule has 2 aromatic rings. The van der Waals surface area contributed by atoms with Crippen molar-refractivity contribution in [2.24, 2.45) is 17.8 Å². The van der Waals surface area contributed by atoms with E-state index in [1.165, 1.54) is 25.7 Å². The predicted molar refractivity (Wildman–Crippen MR) is 90.8 cm³/mol. The molecule has 1 aromatic heterocycles. The molecule has 2 saturated carbocycles. The van der Waals surface area contributed by atoms with Crippen LogP contribution in [-0.2, 0) is 0 Å². The van der Waals surface area contributed by atoms with Gasteiger partial charge in [0.15, 0.2) is 4.77 Å². The first kappa shape index (κ1) is 14.1. The van der Waals surface area contributed by atoms with Crippen LogP contribution in [0.25, 0.3) is 11.0 Å². The number of halogens is 2. The summed E-state index contributed by atoms with van der Waals surface area (Å²) in [6.07, 6.45) is 5.58. The van der Waals surface area contributed by atoms with Crippen LogP contribution in [0.2, 0.25) is 10.0 Å². The third kappa shape index (κ3) is 2.16. The molecule has 0 radical (unpaired) electrons. The number of aromatic amines is 1. The number of hydrogen-bond acceptors (Lipinski definition) is 1. The topological polar surface area (TPSA) is 20.7 Å². The zero-order valence-electron chi connectivity index (χ0n) is 11.9. The Bertz CT molecular complexity index is 763. The number of benzene rings is 1. The van der Waals surface area contributed by atoms with Crippen molar-refractivity contribution in [2.75, 3.05) is 0 Å². The second kappa shape index (κ2) is 5.00. The van der Waals surface area contributed by atoms with Crippen molar-refractivity contribution in [2.45, 2.75) is 38.6 Å². The van der Waals surface area contributed by atoms with Crippen molar-refractivity contribution in [1.82, 2.24) is 9.55 Å². The summed E-state index contributed by atoms with van der Waals surface area (Å²) in [7, 11) is 0. The fourth-order valence-corrected chi connectivity index (χ4v) is 5.30. The summed E-state index contributed by atoms with van der Waals surface area (Å²) in [6.45, 7) is 2.30. The number of nitrogens with zero attached hydrogens (tertiary/aromatic N) is 1. The van der Waals surface area contributed by atoms with Crippen molar-refractivity contribution in [1.29, 1.82) is 0 Å². The Hall–Kier alpha value is -0.510. The van der Waals surface area contributed by atoms with Crippen LogP contribution in [0.1, 0.15) is 38.6 Å². The molecule has 2 aliphatic carbocycles. The molecule has 2 aliphatic rings. The summed E-state index contributed by atoms with van der Waals surface area (Å²) in [4.78, 5) is 3.28. The van der Waals surface area contributed by atoms with E-state index >= 15 is 0 Å². The van der Waals surface area contributed by atoms with Gasteiger partial charge in [-0.15, -0.1) is 0 Å². The molecule has 2 bridgehead atoms. The smallest absolute Gasteiger partial charge is 0.178 e. The molecule has 4 rings (SSSR count). The molecule has 1 heterocycles. The van der Waals surface area contributed by atoms with Gasteiger partial charge < -0.3 is 9.55 Å². The van der Waals surface area contributed by atoms with Gasteiger partial charge in [0.2, 0.25) is 0 Å². The number of nitrogens with one attached hydrogen (secondary N) is 1. The number of imidazole rings is 1. The highest BCUT2D eigenvalue weighted by Gasteiger charge is 2.42. The Morgan fingerprint density at radius 2 is 2.00 bits per heavy atom. The van der Waals surface area contributed by atoms with E-state index in [-0.39, 0.29) is 0 Å². The van der Waals surface area contributed by atoms with Crippen molar-refractivity contribution in [3.63, 3.8) is 0 Å². The van der Waals surface area contributed by atoms with Crippen LogP contribution in [0.5, 0.6) is 0 Å². The molecule has 21 heavy (non-hydrogen) atoms. The Morgan fingerprint density at radius 1 is 1.24 bits per heavy atom. The molecule has 1 aromatic carbocycles. The monoisotopic (exact) mass is 340 g/mol. The summed E-state index contributed by atoms with van der Waals surface area (Å²) in [5.41, 5.74) is 2.05. The van der Waals surface area contributed by atoms with Gasteiger partial charge in [-0.1, -0.05) is 29.6 Å². The van der Waals surface area contributed by atoms with Gasteiger partial charge in [-0.25, -0.2) is 0 Å². The highest BCUT2D eigenvalue weighted by atomic mass is 35.5. The van der Waals surface area contributed by atoms with Gasteiger partial charge in [0.05, 0.1) is 21.1 Å². The van der Waals surface area contributed by atoms with Crippen LogP contribution >= 0.6 is 35.4 Å². The molecule has 2 fully saturated rings. The first-order valence-electron chi connectivity index (χ1n) is 7.64. The lowest BCUT2D eigenvalue weighted by Gasteiger charge is -2.29. The molecular formula is C16H18Cl2N2S. The quantitative estimate of drug-likeness (QED) is 0.664. The molecule has 5 heteroatoms. The molecule has 0 aliphatic heterocycles. The Balaban J connectivity index is 1.80. The van der Waals surface area contributed by atoms with Crippen molar-refractivity contribution in [3.05, 3.63) is 26.9 Å². The maximum absolute atomic E-state index is 6.20.